The van der Waals surface area contributed by atoms with Crippen molar-refractivity contribution in [2.24, 2.45) is 0 Å². The molecule has 0 aliphatic carbocycles. The van der Waals surface area contributed by atoms with E-state index in [2.05, 4.69) is 5.32 Å². The molecule has 19 heavy (non-hydrogen) atoms. The highest BCUT2D eigenvalue weighted by atomic mass is 35.5. The summed E-state index contributed by atoms with van der Waals surface area (Å²) in [6.45, 7) is 3.51. The van der Waals surface area contributed by atoms with Crippen LogP contribution in [0.1, 0.15) is 18.4 Å². The number of hydrogen-bond donors (Lipinski definition) is 1. The number of rotatable bonds is 5. The molecule has 1 N–H and O–H groups in total. The lowest BCUT2D eigenvalue weighted by Crippen LogP contribution is -2.36. The van der Waals surface area contributed by atoms with Crippen molar-refractivity contribution in [1.82, 2.24) is 5.32 Å². The van der Waals surface area contributed by atoms with Gasteiger partial charge in [-0.3, -0.25) is 4.79 Å². The predicted molar refractivity (Wildman–Crippen MR) is 73.7 cm³/mol. The molecule has 1 saturated heterocycles. The molecule has 0 saturated carbocycles. The van der Waals surface area contributed by atoms with E-state index in [1.54, 1.807) is 6.07 Å². The molecular weight excluding hydrogens is 266 g/mol. The van der Waals surface area contributed by atoms with Gasteiger partial charge in [0.2, 0.25) is 5.91 Å². The zero-order valence-corrected chi connectivity index (χ0v) is 11.7. The number of carbonyl (C=O) groups is 1. The number of benzene rings is 1. The van der Waals surface area contributed by atoms with Gasteiger partial charge in [-0.15, -0.1) is 0 Å². The molecule has 1 unspecified atom stereocenters. The number of hydrogen-bond acceptors (Lipinski definition) is 3. The fraction of sp³-hybridized carbons (Fsp3) is 0.500. The lowest BCUT2D eigenvalue weighted by Gasteiger charge is -2.11. The van der Waals surface area contributed by atoms with E-state index in [0.717, 1.165) is 29.2 Å². The lowest BCUT2D eigenvalue weighted by molar-refractivity contribution is -0.130. The molecule has 1 aliphatic rings. The van der Waals surface area contributed by atoms with E-state index in [1.165, 1.54) is 0 Å². The van der Waals surface area contributed by atoms with Gasteiger partial charge in [0.05, 0.1) is 6.54 Å². The van der Waals surface area contributed by atoms with Crippen LogP contribution in [0.3, 0.4) is 0 Å². The number of amides is 1. The van der Waals surface area contributed by atoms with Gasteiger partial charge >= 0.3 is 0 Å². The first-order valence-corrected chi connectivity index (χ1v) is 6.83. The SMILES string of the molecule is Cc1cc(OCCNC(=O)C2CCCO2)ccc1Cl. The van der Waals surface area contributed by atoms with Crippen molar-refractivity contribution < 1.29 is 14.3 Å². The summed E-state index contributed by atoms with van der Waals surface area (Å²) in [5.41, 5.74) is 0.975. The molecule has 0 spiro atoms. The number of ether oxygens (including phenoxy) is 2. The molecule has 4 nitrogen and oxygen atoms in total. The Balaban J connectivity index is 1.68. The summed E-state index contributed by atoms with van der Waals surface area (Å²) in [5.74, 6) is 0.710. The number of aryl methyl sites for hydroxylation is 1. The largest absolute Gasteiger partial charge is 0.492 e. The Hall–Kier alpha value is -1.26. The minimum Gasteiger partial charge on any atom is -0.492 e. The zero-order valence-electron chi connectivity index (χ0n) is 10.9. The second-order valence-corrected chi connectivity index (χ2v) is 4.96. The fourth-order valence-electron chi connectivity index (χ4n) is 1.95. The van der Waals surface area contributed by atoms with E-state index in [0.29, 0.717) is 19.8 Å². The lowest BCUT2D eigenvalue weighted by atomic mass is 10.2. The fourth-order valence-corrected chi connectivity index (χ4v) is 2.07. The average Bonchev–Trinajstić information content (AvgIpc) is 2.92. The van der Waals surface area contributed by atoms with Crippen LogP contribution in [0.5, 0.6) is 5.75 Å². The molecule has 0 radical (unpaired) electrons. The van der Waals surface area contributed by atoms with E-state index in [1.807, 2.05) is 19.1 Å². The van der Waals surface area contributed by atoms with Gasteiger partial charge in [-0.1, -0.05) is 11.6 Å². The van der Waals surface area contributed by atoms with Crippen molar-refractivity contribution in [3.63, 3.8) is 0 Å². The van der Waals surface area contributed by atoms with E-state index in [-0.39, 0.29) is 12.0 Å². The van der Waals surface area contributed by atoms with Crippen LogP contribution in [0.25, 0.3) is 0 Å². The molecule has 0 aromatic heterocycles. The van der Waals surface area contributed by atoms with E-state index in [9.17, 15) is 4.79 Å². The van der Waals surface area contributed by atoms with E-state index >= 15 is 0 Å². The minimum absolute atomic E-state index is 0.0478. The zero-order chi connectivity index (χ0) is 13.7. The van der Waals surface area contributed by atoms with Gasteiger partial charge in [0.25, 0.3) is 0 Å². The van der Waals surface area contributed by atoms with Crippen molar-refractivity contribution in [1.29, 1.82) is 0 Å². The van der Waals surface area contributed by atoms with Gasteiger partial charge < -0.3 is 14.8 Å². The standard InChI is InChI=1S/C14H18ClNO3/c1-10-9-11(4-5-12(10)15)18-8-6-16-14(17)13-3-2-7-19-13/h4-5,9,13H,2-3,6-8H2,1H3,(H,16,17). The van der Waals surface area contributed by atoms with Crippen LogP contribution >= 0.6 is 11.6 Å². The monoisotopic (exact) mass is 283 g/mol. The Kier molecular flexibility index (Phi) is 5.05. The first-order chi connectivity index (χ1) is 9.16. The van der Waals surface area contributed by atoms with Crippen LogP contribution in [0.4, 0.5) is 0 Å². The molecule has 1 aliphatic heterocycles. The third-order valence-electron chi connectivity index (χ3n) is 3.02. The molecule has 1 aromatic carbocycles. The summed E-state index contributed by atoms with van der Waals surface area (Å²) in [6, 6.07) is 5.50. The molecule has 0 bridgehead atoms. The quantitative estimate of drug-likeness (QED) is 0.844. The highest BCUT2D eigenvalue weighted by Crippen LogP contribution is 2.20. The Morgan fingerprint density at radius 1 is 1.58 bits per heavy atom. The number of carbonyl (C=O) groups excluding carboxylic acids is 1. The molecule has 2 rings (SSSR count). The van der Waals surface area contributed by atoms with Crippen molar-refractivity contribution in [2.45, 2.75) is 25.9 Å². The molecule has 1 heterocycles. The molecule has 5 heteroatoms. The maximum atomic E-state index is 11.6. The normalized spacial score (nSPS) is 18.3. The van der Waals surface area contributed by atoms with Crippen LogP contribution in [-0.2, 0) is 9.53 Å². The highest BCUT2D eigenvalue weighted by molar-refractivity contribution is 6.31. The van der Waals surface area contributed by atoms with Crippen molar-refractivity contribution in [3.8, 4) is 5.75 Å². The smallest absolute Gasteiger partial charge is 0.249 e. The third kappa shape index (κ3) is 4.11. The van der Waals surface area contributed by atoms with Crippen molar-refractivity contribution in [3.05, 3.63) is 28.8 Å². The Morgan fingerprint density at radius 3 is 3.11 bits per heavy atom. The Bertz CT molecular complexity index is 444. The first-order valence-electron chi connectivity index (χ1n) is 6.45. The van der Waals surface area contributed by atoms with Crippen molar-refractivity contribution >= 4 is 17.5 Å². The summed E-state index contributed by atoms with van der Waals surface area (Å²) in [7, 11) is 0. The Morgan fingerprint density at radius 2 is 2.42 bits per heavy atom. The van der Waals surface area contributed by atoms with Crippen LogP contribution in [0.2, 0.25) is 5.02 Å². The summed E-state index contributed by atoms with van der Waals surface area (Å²) in [4.78, 5) is 11.6. The van der Waals surface area contributed by atoms with Crippen LogP contribution < -0.4 is 10.1 Å². The summed E-state index contributed by atoms with van der Waals surface area (Å²) < 4.78 is 10.8. The Labute approximate surface area is 118 Å². The van der Waals surface area contributed by atoms with E-state index in [4.69, 9.17) is 21.1 Å². The molecule has 1 aromatic rings. The summed E-state index contributed by atoms with van der Waals surface area (Å²) in [6.07, 6.45) is 1.49. The van der Waals surface area contributed by atoms with Gasteiger partial charge in [0, 0.05) is 11.6 Å². The van der Waals surface area contributed by atoms with Gasteiger partial charge in [-0.25, -0.2) is 0 Å². The molecule has 104 valence electrons. The van der Waals surface area contributed by atoms with Crippen LogP contribution in [-0.4, -0.2) is 31.8 Å². The number of halogens is 1. The van der Waals surface area contributed by atoms with Crippen molar-refractivity contribution in [2.75, 3.05) is 19.8 Å². The maximum Gasteiger partial charge on any atom is 0.249 e. The second-order valence-electron chi connectivity index (χ2n) is 4.55. The molecule has 1 fully saturated rings. The van der Waals surface area contributed by atoms with Crippen LogP contribution in [0, 0.1) is 6.92 Å². The van der Waals surface area contributed by atoms with E-state index < -0.39 is 0 Å². The maximum absolute atomic E-state index is 11.6. The number of nitrogens with one attached hydrogen (secondary N) is 1. The molecule has 1 amide bonds. The topological polar surface area (TPSA) is 47.6 Å². The third-order valence-corrected chi connectivity index (χ3v) is 3.45. The minimum atomic E-state index is -0.280. The van der Waals surface area contributed by atoms with Gasteiger partial charge in [0.15, 0.2) is 0 Å². The summed E-state index contributed by atoms with van der Waals surface area (Å²) >= 11 is 5.93. The van der Waals surface area contributed by atoms with Gasteiger partial charge in [-0.05, 0) is 43.5 Å². The predicted octanol–water partition coefficient (Wildman–Crippen LogP) is 2.32. The average molecular weight is 284 g/mol. The second kappa shape index (κ2) is 6.78. The molecular formula is C14H18ClNO3. The van der Waals surface area contributed by atoms with Gasteiger partial charge in [0.1, 0.15) is 18.5 Å². The molecule has 1 atom stereocenters. The first kappa shape index (κ1) is 14.2. The van der Waals surface area contributed by atoms with Crippen LogP contribution in [0.15, 0.2) is 18.2 Å². The summed E-state index contributed by atoms with van der Waals surface area (Å²) in [5, 5.41) is 3.53. The van der Waals surface area contributed by atoms with Gasteiger partial charge in [-0.2, -0.15) is 0 Å². The highest BCUT2D eigenvalue weighted by Gasteiger charge is 2.22.